The quantitative estimate of drug-likeness (QED) is 0.730. The van der Waals surface area contributed by atoms with E-state index in [-0.39, 0.29) is 24.1 Å². The van der Waals surface area contributed by atoms with Crippen LogP contribution in [0.1, 0.15) is 29.3 Å². The Hall–Kier alpha value is -2.04. The molecule has 1 atom stereocenters. The largest absolute Gasteiger partial charge is 0.452 e. The van der Waals surface area contributed by atoms with Crippen molar-refractivity contribution in [1.29, 1.82) is 0 Å². The average Bonchev–Trinajstić information content (AvgIpc) is 2.58. The molecule has 2 aromatic carbocycles. The van der Waals surface area contributed by atoms with Gasteiger partial charge in [-0.25, -0.2) is 4.79 Å². The molecule has 0 aliphatic rings. The minimum atomic E-state index is -0.642. The molecule has 2 aromatic rings. The van der Waals surface area contributed by atoms with Gasteiger partial charge in [0.1, 0.15) is 0 Å². The van der Waals surface area contributed by atoms with Crippen LogP contribution >= 0.6 is 23.2 Å². The summed E-state index contributed by atoms with van der Waals surface area (Å²) < 4.78 is 5.00. The number of aryl methyl sites for hydroxylation is 1. The van der Waals surface area contributed by atoms with Crippen molar-refractivity contribution in [3.05, 3.63) is 69.7 Å². The Morgan fingerprint density at radius 2 is 1.72 bits per heavy atom. The highest BCUT2D eigenvalue weighted by Gasteiger charge is 2.13. The number of hydrogen-bond donors (Lipinski definition) is 1. The van der Waals surface area contributed by atoms with Crippen LogP contribution in [0, 0.1) is 0 Å². The van der Waals surface area contributed by atoms with Gasteiger partial charge in [0.05, 0.1) is 5.56 Å². The number of halogens is 2. The predicted octanol–water partition coefficient (Wildman–Crippen LogP) is 4.29. The van der Waals surface area contributed by atoms with Gasteiger partial charge in [-0.05, 0) is 43.5 Å². The lowest BCUT2D eigenvalue weighted by Crippen LogP contribution is -2.36. The van der Waals surface area contributed by atoms with Gasteiger partial charge >= 0.3 is 5.97 Å². The number of carbonyl (C=O) groups excluding carboxylic acids is 2. The minimum absolute atomic E-state index is 0.0213. The monoisotopic (exact) mass is 379 g/mol. The highest BCUT2D eigenvalue weighted by Crippen LogP contribution is 2.19. The molecule has 0 unspecified atom stereocenters. The van der Waals surface area contributed by atoms with E-state index in [1.54, 1.807) is 0 Å². The molecule has 132 valence electrons. The number of carbonyl (C=O) groups is 2. The Morgan fingerprint density at radius 1 is 1.08 bits per heavy atom. The zero-order chi connectivity index (χ0) is 18.2. The van der Waals surface area contributed by atoms with Crippen LogP contribution in [-0.4, -0.2) is 24.5 Å². The van der Waals surface area contributed by atoms with Gasteiger partial charge in [-0.2, -0.15) is 0 Å². The normalized spacial score (nSPS) is 11.6. The van der Waals surface area contributed by atoms with Crippen LogP contribution in [0.4, 0.5) is 0 Å². The summed E-state index contributed by atoms with van der Waals surface area (Å²) in [7, 11) is 0. The third-order valence-electron chi connectivity index (χ3n) is 3.55. The second-order valence-electron chi connectivity index (χ2n) is 5.73. The van der Waals surface area contributed by atoms with Crippen molar-refractivity contribution < 1.29 is 14.3 Å². The van der Waals surface area contributed by atoms with Crippen molar-refractivity contribution in [2.45, 2.75) is 25.8 Å². The van der Waals surface area contributed by atoms with Gasteiger partial charge in [0, 0.05) is 16.1 Å². The van der Waals surface area contributed by atoms with Crippen LogP contribution < -0.4 is 5.32 Å². The standard InChI is InChI=1S/C19H19Cl2NO3/c1-13(7-8-14-5-3-2-4-6-14)22-18(23)12-25-19(24)15-9-16(20)11-17(21)10-15/h2-6,9-11,13H,7-8,12H2,1H3,(H,22,23)/t13-/m0/s1. The smallest absolute Gasteiger partial charge is 0.338 e. The Morgan fingerprint density at radius 3 is 2.36 bits per heavy atom. The molecule has 0 heterocycles. The summed E-state index contributed by atoms with van der Waals surface area (Å²) in [6.45, 7) is 1.57. The van der Waals surface area contributed by atoms with E-state index in [9.17, 15) is 9.59 Å². The van der Waals surface area contributed by atoms with Crippen LogP contribution in [0.2, 0.25) is 10.0 Å². The fourth-order valence-electron chi connectivity index (χ4n) is 2.30. The van der Waals surface area contributed by atoms with Crippen LogP contribution in [0.3, 0.4) is 0 Å². The van der Waals surface area contributed by atoms with Crippen LogP contribution in [-0.2, 0) is 16.0 Å². The molecule has 6 heteroatoms. The molecule has 1 N–H and O–H groups in total. The molecule has 0 bridgehead atoms. The first-order valence-corrected chi connectivity index (χ1v) is 8.66. The second-order valence-corrected chi connectivity index (χ2v) is 6.60. The number of rotatable bonds is 7. The molecule has 0 saturated carbocycles. The highest BCUT2D eigenvalue weighted by molar-refractivity contribution is 6.35. The number of nitrogens with one attached hydrogen (secondary N) is 1. The van der Waals surface area contributed by atoms with Gasteiger partial charge in [0.15, 0.2) is 6.61 Å². The summed E-state index contributed by atoms with van der Waals surface area (Å²) in [5.74, 6) is -0.987. The molecular formula is C19H19Cl2NO3. The molecule has 0 aliphatic heterocycles. The Bertz CT molecular complexity index is 714. The summed E-state index contributed by atoms with van der Waals surface area (Å²) in [6, 6.07) is 14.4. The molecule has 2 rings (SSSR count). The van der Waals surface area contributed by atoms with Gasteiger partial charge < -0.3 is 10.1 Å². The van der Waals surface area contributed by atoms with Crippen molar-refractivity contribution in [1.82, 2.24) is 5.32 Å². The average molecular weight is 380 g/mol. The van der Waals surface area contributed by atoms with Crippen molar-refractivity contribution in [2.24, 2.45) is 0 Å². The van der Waals surface area contributed by atoms with Gasteiger partial charge in [-0.3, -0.25) is 4.79 Å². The molecule has 25 heavy (non-hydrogen) atoms. The molecule has 0 fully saturated rings. The summed E-state index contributed by atoms with van der Waals surface area (Å²) in [5, 5.41) is 3.48. The number of benzene rings is 2. The molecule has 0 radical (unpaired) electrons. The lowest BCUT2D eigenvalue weighted by Gasteiger charge is -2.14. The summed E-state index contributed by atoms with van der Waals surface area (Å²) in [6.07, 6.45) is 1.66. The van der Waals surface area contributed by atoms with Crippen LogP contribution in [0.5, 0.6) is 0 Å². The summed E-state index contributed by atoms with van der Waals surface area (Å²) in [5.41, 5.74) is 1.43. The van der Waals surface area contributed by atoms with Crippen LogP contribution in [0.25, 0.3) is 0 Å². The maximum absolute atomic E-state index is 11.9. The molecule has 1 amide bonds. The van der Waals surface area contributed by atoms with E-state index < -0.39 is 5.97 Å². The molecule has 0 aromatic heterocycles. The van der Waals surface area contributed by atoms with Crippen LogP contribution in [0.15, 0.2) is 48.5 Å². The first-order chi connectivity index (χ1) is 11.9. The minimum Gasteiger partial charge on any atom is -0.452 e. The van der Waals surface area contributed by atoms with Crippen molar-refractivity contribution in [3.8, 4) is 0 Å². The summed E-state index contributed by atoms with van der Waals surface area (Å²) >= 11 is 11.7. The highest BCUT2D eigenvalue weighted by atomic mass is 35.5. The van der Waals surface area contributed by atoms with Crippen molar-refractivity contribution in [2.75, 3.05) is 6.61 Å². The second kappa shape index (κ2) is 9.44. The van der Waals surface area contributed by atoms with E-state index in [1.165, 1.54) is 23.8 Å². The maximum atomic E-state index is 11.9. The van der Waals surface area contributed by atoms with Crippen molar-refractivity contribution in [3.63, 3.8) is 0 Å². The fraction of sp³-hybridized carbons (Fsp3) is 0.263. The van der Waals surface area contributed by atoms with E-state index in [2.05, 4.69) is 5.32 Å². The van der Waals surface area contributed by atoms with Gasteiger partial charge in [-0.15, -0.1) is 0 Å². The number of ether oxygens (including phenoxy) is 1. The van der Waals surface area contributed by atoms with E-state index in [0.717, 1.165) is 12.8 Å². The van der Waals surface area contributed by atoms with E-state index in [0.29, 0.717) is 10.0 Å². The molecule has 0 saturated heterocycles. The van der Waals surface area contributed by atoms with E-state index in [1.807, 2.05) is 37.3 Å². The van der Waals surface area contributed by atoms with E-state index in [4.69, 9.17) is 27.9 Å². The SMILES string of the molecule is C[C@@H](CCc1ccccc1)NC(=O)COC(=O)c1cc(Cl)cc(Cl)c1. The zero-order valence-electron chi connectivity index (χ0n) is 13.8. The van der Waals surface area contributed by atoms with Crippen molar-refractivity contribution >= 4 is 35.1 Å². The van der Waals surface area contributed by atoms with Gasteiger partial charge in [0.25, 0.3) is 5.91 Å². The molecular weight excluding hydrogens is 361 g/mol. The fourth-order valence-corrected chi connectivity index (χ4v) is 2.83. The maximum Gasteiger partial charge on any atom is 0.338 e. The van der Waals surface area contributed by atoms with E-state index >= 15 is 0 Å². The summed E-state index contributed by atoms with van der Waals surface area (Å²) in [4.78, 5) is 23.8. The van der Waals surface area contributed by atoms with Gasteiger partial charge in [0.2, 0.25) is 0 Å². The lowest BCUT2D eigenvalue weighted by atomic mass is 10.1. The first-order valence-electron chi connectivity index (χ1n) is 7.90. The third-order valence-corrected chi connectivity index (χ3v) is 3.99. The number of hydrogen-bond acceptors (Lipinski definition) is 3. The predicted molar refractivity (Wildman–Crippen MR) is 99.1 cm³/mol. The topological polar surface area (TPSA) is 55.4 Å². The molecule has 4 nitrogen and oxygen atoms in total. The Kier molecular flexibility index (Phi) is 7.29. The first kappa shape index (κ1) is 19.3. The zero-order valence-corrected chi connectivity index (χ0v) is 15.3. The molecule has 0 spiro atoms. The number of amides is 1. The molecule has 0 aliphatic carbocycles. The number of esters is 1. The lowest BCUT2D eigenvalue weighted by molar-refractivity contribution is -0.124. The Labute approximate surface area is 157 Å². The van der Waals surface area contributed by atoms with Gasteiger partial charge in [-0.1, -0.05) is 53.5 Å². The third kappa shape index (κ3) is 6.77. The Balaban J connectivity index is 1.75.